The molecule has 0 aromatic carbocycles. The number of rotatable bonds is 6. The first kappa shape index (κ1) is 15.9. The van der Waals surface area contributed by atoms with E-state index in [9.17, 15) is 4.79 Å². The Kier molecular flexibility index (Phi) is 5.83. The second-order valence-corrected chi connectivity index (χ2v) is 6.74. The Balaban J connectivity index is 1.46. The molecule has 6 heteroatoms. The zero-order chi connectivity index (χ0) is 15.2. The quantitative estimate of drug-likeness (QED) is 0.815. The monoisotopic (exact) mass is 324 g/mol. The van der Waals surface area contributed by atoms with Crippen molar-refractivity contribution < 1.29 is 14.3 Å². The summed E-state index contributed by atoms with van der Waals surface area (Å²) < 4.78 is 11.3. The van der Waals surface area contributed by atoms with Gasteiger partial charge in [0, 0.05) is 31.1 Å². The van der Waals surface area contributed by atoms with Gasteiger partial charge in [-0.15, -0.1) is 11.3 Å². The highest BCUT2D eigenvalue weighted by molar-refractivity contribution is 7.10. The molecule has 3 rings (SSSR count). The fourth-order valence-corrected chi connectivity index (χ4v) is 3.89. The van der Waals surface area contributed by atoms with E-state index in [0.29, 0.717) is 6.61 Å². The van der Waals surface area contributed by atoms with E-state index in [1.807, 2.05) is 17.5 Å². The molecule has 2 aliphatic heterocycles. The van der Waals surface area contributed by atoms with Gasteiger partial charge in [-0.25, -0.2) is 0 Å². The summed E-state index contributed by atoms with van der Waals surface area (Å²) >= 11 is 1.65. The van der Waals surface area contributed by atoms with E-state index in [4.69, 9.17) is 9.47 Å². The fraction of sp³-hybridized carbons (Fsp3) is 0.688. The van der Waals surface area contributed by atoms with Crippen LogP contribution in [0, 0.1) is 0 Å². The Hall–Kier alpha value is -0.950. The molecule has 2 fully saturated rings. The molecule has 0 spiro atoms. The molecular weight excluding hydrogens is 300 g/mol. The molecule has 1 N–H and O–H groups in total. The van der Waals surface area contributed by atoms with Gasteiger partial charge in [-0.05, 0) is 37.1 Å². The van der Waals surface area contributed by atoms with Crippen molar-refractivity contribution in [3.63, 3.8) is 0 Å². The molecule has 0 unspecified atom stereocenters. The van der Waals surface area contributed by atoms with Crippen LogP contribution in [0.2, 0.25) is 0 Å². The van der Waals surface area contributed by atoms with Crippen molar-refractivity contribution in [2.75, 3.05) is 32.8 Å². The lowest BCUT2D eigenvalue weighted by atomic mass is 10.1. The number of hydrogen-bond donors (Lipinski definition) is 1. The summed E-state index contributed by atoms with van der Waals surface area (Å²) in [5.41, 5.74) is 0. The zero-order valence-electron chi connectivity index (χ0n) is 12.8. The van der Waals surface area contributed by atoms with Crippen molar-refractivity contribution in [3.05, 3.63) is 22.4 Å². The number of ether oxygens (including phenoxy) is 2. The van der Waals surface area contributed by atoms with Crippen molar-refractivity contribution >= 4 is 17.2 Å². The van der Waals surface area contributed by atoms with E-state index in [1.165, 1.54) is 6.42 Å². The number of amides is 1. The predicted molar refractivity (Wildman–Crippen MR) is 85.8 cm³/mol. The van der Waals surface area contributed by atoms with Crippen molar-refractivity contribution in [1.29, 1.82) is 0 Å². The minimum atomic E-state index is -0.139. The van der Waals surface area contributed by atoms with Gasteiger partial charge in [0.15, 0.2) is 6.29 Å². The van der Waals surface area contributed by atoms with Crippen molar-refractivity contribution in [3.8, 4) is 0 Å². The van der Waals surface area contributed by atoms with Crippen LogP contribution in [0.25, 0.3) is 0 Å². The van der Waals surface area contributed by atoms with Crippen LogP contribution in [-0.2, 0) is 14.3 Å². The molecule has 1 amide bonds. The van der Waals surface area contributed by atoms with Gasteiger partial charge in [-0.2, -0.15) is 0 Å². The van der Waals surface area contributed by atoms with Gasteiger partial charge in [0.1, 0.15) is 6.04 Å². The number of nitrogens with one attached hydrogen (secondary N) is 1. The third kappa shape index (κ3) is 4.07. The van der Waals surface area contributed by atoms with E-state index in [0.717, 1.165) is 50.4 Å². The number of thiophene rings is 1. The standard InChI is InChI=1S/C16H24N2O3S/c19-16-15(13-5-3-12-22-13)18(9-7-17-16)8-4-11-21-14-6-1-2-10-20-14/h3,5,12,14-15H,1-2,4,6-11H2,(H,17,19)/t14-,15+/m1/s1. The summed E-state index contributed by atoms with van der Waals surface area (Å²) in [6.45, 7) is 4.02. The van der Waals surface area contributed by atoms with Gasteiger partial charge in [-0.3, -0.25) is 9.69 Å². The molecule has 0 aliphatic carbocycles. The second-order valence-electron chi connectivity index (χ2n) is 5.77. The van der Waals surface area contributed by atoms with Crippen LogP contribution in [0.5, 0.6) is 0 Å². The van der Waals surface area contributed by atoms with Crippen LogP contribution in [-0.4, -0.2) is 49.9 Å². The molecule has 3 heterocycles. The average Bonchev–Trinajstić information content (AvgIpc) is 3.06. The van der Waals surface area contributed by atoms with Crippen LogP contribution in [0.15, 0.2) is 17.5 Å². The molecule has 22 heavy (non-hydrogen) atoms. The summed E-state index contributed by atoms with van der Waals surface area (Å²) in [4.78, 5) is 15.6. The Morgan fingerprint density at radius 3 is 3.18 bits per heavy atom. The minimum absolute atomic E-state index is 0.0218. The van der Waals surface area contributed by atoms with E-state index in [-0.39, 0.29) is 18.2 Å². The highest BCUT2D eigenvalue weighted by Crippen LogP contribution is 2.27. The van der Waals surface area contributed by atoms with Crippen molar-refractivity contribution in [2.45, 2.75) is 38.0 Å². The summed E-state index contributed by atoms with van der Waals surface area (Å²) in [6, 6.07) is 3.91. The van der Waals surface area contributed by atoms with Gasteiger partial charge in [0.25, 0.3) is 0 Å². The fourth-order valence-electron chi connectivity index (χ4n) is 3.04. The summed E-state index contributed by atoms with van der Waals surface area (Å²) in [7, 11) is 0. The largest absolute Gasteiger partial charge is 0.353 e. The van der Waals surface area contributed by atoms with Crippen LogP contribution < -0.4 is 5.32 Å². The number of hydrogen-bond acceptors (Lipinski definition) is 5. The molecule has 2 saturated heterocycles. The lowest BCUT2D eigenvalue weighted by molar-refractivity contribution is -0.163. The maximum absolute atomic E-state index is 12.2. The van der Waals surface area contributed by atoms with Crippen molar-refractivity contribution in [2.24, 2.45) is 0 Å². The van der Waals surface area contributed by atoms with Gasteiger partial charge < -0.3 is 14.8 Å². The molecule has 1 aromatic rings. The molecular formula is C16H24N2O3S. The van der Waals surface area contributed by atoms with Gasteiger partial charge in [0.05, 0.1) is 6.61 Å². The topological polar surface area (TPSA) is 50.8 Å². The highest BCUT2D eigenvalue weighted by Gasteiger charge is 2.31. The first-order chi connectivity index (χ1) is 10.8. The molecule has 0 radical (unpaired) electrons. The summed E-state index contributed by atoms with van der Waals surface area (Å²) in [5.74, 6) is 0.116. The van der Waals surface area contributed by atoms with Gasteiger partial charge >= 0.3 is 0 Å². The number of piperazine rings is 1. The Morgan fingerprint density at radius 1 is 1.45 bits per heavy atom. The van der Waals surface area contributed by atoms with Gasteiger partial charge in [0.2, 0.25) is 5.91 Å². The van der Waals surface area contributed by atoms with Crippen LogP contribution in [0.4, 0.5) is 0 Å². The first-order valence-electron chi connectivity index (χ1n) is 8.13. The molecule has 0 saturated carbocycles. The average molecular weight is 324 g/mol. The first-order valence-corrected chi connectivity index (χ1v) is 9.01. The SMILES string of the molecule is O=C1NCCN(CCCO[C@@H]2CCCCO2)[C@H]1c1cccs1. The summed E-state index contributed by atoms with van der Waals surface area (Å²) in [6.07, 6.45) is 4.24. The van der Waals surface area contributed by atoms with Crippen LogP contribution in [0.3, 0.4) is 0 Å². The maximum atomic E-state index is 12.2. The van der Waals surface area contributed by atoms with E-state index in [2.05, 4.69) is 10.2 Å². The minimum Gasteiger partial charge on any atom is -0.353 e. The molecule has 122 valence electrons. The van der Waals surface area contributed by atoms with E-state index < -0.39 is 0 Å². The molecule has 1 aromatic heterocycles. The molecule has 2 atom stereocenters. The van der Waals surface area contributed by atoms with Gasteiger partial charge in [-0.1, -0.05) is 6.07 Å². The number of carbonyl (C=O) groups is 1. The normalized spacial score (nSPS) is 26.8. The van der Waals surface area contributed by atoms with E-state index in [1.54, 1.807) is 11.3 Å². The number of carbonyl (C=O) groups excluding carboxylic acids is 1. The Morgan fingerprint density at radius 2 is 2.41 bits per heavy atom. The van der Waals surface area contributed by atoms with Crippen LogP contribution in [0.1, 0.15) is 36.6 Å². The molecule has 2 aliphatic rings. The third-order valence-electron chi connectivity index (χ3n) is 4.16. The Bertz CT molecular complexity index is 460. The smallest absolute Gasteiger partial charge is 0.242 e. The Labute approximate surface area is 135 Å². The highest BCUT2D eigenvalue weighted by atomic mass is 32.1. The third-order valence-corrected chi connectivity index (χ3v) is 5.08. The second kappa shape index (κ2) is 8.06. The molecule has 5 nitrogen and oxygen atoms in total. The maximum Gasteiger partial charge on any atom is 0.242 e. The zero-order valence-corrected chi connectivity index (χ0v) is 13.6. The lowest BCUT2D eigenvalue weighted by Crippen LogP contribution is -2.50. The predicted octanol–water partition coefficient (Wildman–Crippen LogP) is 2.15. The summed E-state index contributed by atoms with van der Waals surface area (Å²) in [5, 5.41) is 4.99. The molecule has 0 bridgehead atoms. The van der Waals surface area contributed by atoms with Crippen molar-refractivity contribution in [1.82, 2.24) is 10.2 Å². The van der Waals surface area contributed by atoms with E-state index >= 15 is 0 Å². The van der Waals surface area contributed by atoms with Crippen LogP contribution >= 0.6 is 11.3 Å². The number of nitrogens with zero attached hydrogens (tertiary/aromatic N) is 1. The lowest BCUT2D eigenvalue weighted by Gasteiger charge is -2.34.